The first-order valence-corrected chi connectivity index (χ1v) is 7.34. The van der Waals surface area contributed by atoms with Crippen LogP contribution >= 0.6 is 0 Å². The molecule has 2 aromatic heterocycles. The third-order valence-electron chi connectivity index (χ3n) is 3.62. The predicted octanol–water partition coefficient (Wildman–Crippen LogP) is 1.07. The van der Waals surface area contributed by atoms with Crippen LogP contribution < -0.4 is 16.1 Å². The van der Waals surface area contributed by atoms with Crippen molar-refractivity contribution >= 4 is 17.1 Å². The van der Waals surface area contributed by atoms with E-state index < -0.39 is 5.69 Å². The molecule has 0 aliphatic heterocycles. The molecule has 0 spiro atoms. The second-order valence-corrected chi connectivity index (χ2v) is 5.51. The lowest BCUT2D eigenvalue weighted by atomic mass is 10.2. The highest BCUT2D eigenvalue weighted by atomic mass is 16.2. The third-order valence-corrected chi connectivity index (χ3v) is 3.62. The van der Waals surface area contributed by atoms with Crippen LogP contribution in [0.1, 0.15) is 32.6 Å². The lowest BCUT2D eigenvalue weighted by molar-refractivity contribution is 0.589. The Bertz CT molecular complexity index is 738. The standard InChI is InChI=1S/C14H23N5O2/c1-5-6-7-8-9-19-10-11(15-13(19)17(2)3)18(4)14(21)16-12(10)20/h5-9H2,1-4H3,(H,16,20,21). The van der Waals surface area contributed by atoms with Gasteiger partial charge in [-0.3, -0.25) is 14.3 Å². The topological polar surface area (TPSA) is 75.9 Å². The van der Waals surface area contributed by atoms with Gasteiger partial charge in [0.2, 0.25) is 5.95 Å². The van der Waals surface area contributed by atoms with Gasteiger partial charge in [0.25, 0.3) is 5.56 Å². The van der Waals surface area contributed by atoms with Gasteiger partial charge in [0.1, 0.15) is 0 Å². The SMILES string of the molecule is CCCCCCn1c(N(C)C)nc2c1c(=O)[nH]c(=O)n2C. The number of aromatic nitrogens is 4. The number of rotatable bonds is 6. The van der Waals surface area contributed by atoms with Crippen molar-refractivity contribution in [3.05, 3.63) is 20.8 Å². The monoisotopic (exact) mass is 293 g/mol. The summed E-state index contributed by atoms with van der Waals surface area (Å²) in [5, 5.41) is 0. The van der Waals surface area contributed by atoms with Crippen LogP contribution in [0.15, 0.2) is 9.59 Å². The van der Waals surface area contributed by atoms with Crippen molar-refractivity contribution in [2.75, 3.05) is 19.0 Å². The molecule has 0 fully saturated rings. The summed E-state index contributed by atoms with van der Waals surface area (Å²) in [7, 11) is 5.39. The largest absolute Gasteiger partial charge is 0.348 e. The van der Waals surface area contributed by atoms with Crippen LogP contribution in [0.25, 0.3) is 11.2 Å². The number of H-pyrrole nitrogens is 1. The summed E-state index contributed by atoms with van der Waals surface area (Å²) in [5.41, 5.74) is 0.0953. The van der Waals surface area contributed by atoms with Gasteiger partial charge in [-0.15, -0.1) is 0 Å². The van der Waals surface area contributed by atoms with Crippen molar-refractivity contribution < 1.29 is 0 Å². The molecule has 0 amide bonds. The summed E-state index contributed by atoms with van der Waals surface area (Å²) < 4.78 is 3.29. The number of anilines is 1. The van der Waals surface area contributed by atoms with Gasteiger partial charge in [-0.05, 0) is 6.42 Å². The Labute approximate surface area is 123 Å². The summed E-state index contributed by atoms with van der Waals surface area (Å²) in [6, 6.07) is 0. The van der Waals surface area contributed by atoms with Gasteiger partial charge < -0.3 is 9.47 Å². The smallest absolute Gasteiger partial charge is 0.329 e. The number of nitrogens with zero attached hydrogens (tertiary/aromatic N) is 4. The highest BCUT2D eigenvalue weighted by Gasteiger charge is 2.17. The summed E-state index contributed by atoms with van der Waals surface area (Å²) in [4.78, 5) is 32.5. The van der Waals surface area contributed by atoms with Crippen LogP contribution in [-0.2, 0) is 13.6 Å². The summed E-state index contributed by atoms with van der Waals surface area (Å²) in [6.07, 6.45) is 4.45. The number of fused-ring (bicyclic) bond motifs is 1. The van der Waals surface area contributed by atoms with Gasteiger partial charge in [0, 0.05) is 27.7 Å². The number of imidazole rings is 1. The van der Waals surface area contributed by atoms with E-state index in [0.29, 0.717) is 17.1 Å². The quantitative estimate of drug-likeness (QED) is 0.808. The number of unbranched alkanes of at least 4 members (excludes halogenated alkanes) is 3. The van der Waals surface area contributed by atoms with E-state index >= 15 is 0 Å². The Morgan fingerprint density at radius 3 is 2.52 bits per heavy atom. The molecule has 0 bridgehead atoms. The molecule has 0 atom stereocenters. The van der Waals surface area contributed by atoms with Gasteiger partial charge in [0.05, 0.1) is 0 Å². The number of nitrogens with one attached hydrogen (secondary N) is 1. The summed E-state index contributed by atoms with van der Waals surface area (Å²) in [5.74, 6) is 0.702. The molecule has 2 rings (SSSR count). The third kappa shape index (κ3) is 2.86. The Morgan fingerprint density at radius 2 is 1.90 bits per heavy atom. The molecule has 0 unspecified atom stereocenters. The molecule has 1 N–H and O–H groups in total. The molecule has 0 aliphatic carbocycles. The van der Waals surface area contributed by atoms with Crippen molar-refractivity contribution in [1.82, 2.24) is 19.1 Å². The van der Waals surface area contributed by atoms with Crippen molar-refractivity contribution in [3.63, 3.8) is 0 Å². The van der Waals surface area contributed by atoms with Crippen LogP contribution in [0, 0.1) is 0 Å². The minimum absolute atomic E-state index is 0.371. The molecule has 21 heavy (non-hydrogen) atoms. The van der Waals surface area contributed by atoms with Gasteiger partial charge in [-0.2, -0.15) is 4.98 Å². The van der Waals surface area contributed by atoms with Crippen LogP contribution in [0.2, 0.25) is 0 Å². The fraction of sp³-hybridized carbons (Fsp3) is 0.643. The molecule has 2 aromatic rings. The second kappa shape index (κ2) is 6.15. The van der Waals surface area contributed by atoms with E-state index in [4.69, 9.17) is 0 Å². The second-order valence-electron chi connectivity index (χ2n) is 5.51. The highest BCUT2D eigenvalue weighted by Crippen LogP contribution is 2.18. The fourth-order valence-electron chi connectivity index (χ4n) is 2.47. The first-order valence-electron chi connectivity index (χ1n) is 7.34. The maximum Gasteiger partial charge on any atom is 0.329 e. The van der Waals surface area contributed by atoms with Gasteiger partial charge in [-0.25, -0.2) is 4.79 Å². The number of hydrogen-bond acceptors (Lipinski definition) is 4. The van der Waals surface area contributed by atoms with Crippen molar-refractivity contribution in [3.8, 4) is 0 Å². The zero-order valence-corrected chi connectivity index (χ0v) is 13.1. The Hall–Kier alpha value is -2.05. The van der Waals surface area contributed by atoms with E-state index in [1.54, 1.807) is 7.05 Å². The lowest BCUT2D eigenvalue weighted by Gasteiger charge is -2.14. The minimum atomic E-state index is -0.437. The Balaban J connectivity index is 2.55. The molecule has 0 saturated heterocycles. The maximum absolute atomic E-state index is 12.1. The lowest BCUT2D eigenvalue weighted by Crippen LogP contribution is -2.29. The maximum atomic E-state index is 12.1. The first-order chi connectivity index (χ1) is 9.97. The molecule has 116 valence electrons. The molecule has 0 aromatic carbocycles. The van der Waals surface area contributed by atoms with E-state index in [9.17, 15) is 9.59 Å². The fourth-order valence-corrected chi connectivity index (χ4v) is 2.47. The highest BCUT2D eigenvalue weighted by molar-refractivity contribution is 5.74. The minimum Gasteiger partial charge on any atom is -0.348 e. The summed E-state index contributed by atoms with van der Waals surface area (Å²) >= 11 is 0. The molecular weight excluding hydrogens is 270 g/mol. The zero-order valence-electron chi connectivity index (χ0n) is 13.1. The van der Waals surface area contributed by atoms with E-state index in [1.165, 1.54) is 17.4 Å². The Kier molecular flexibility index (Phi) is 4.50. The molecule has 2 heterocycles. The van der Waals surface area contributed by atoms with Crippen LogP contribution in [-0.4, -0.2) is 33.2 Å². The van der Waals surface area contributed by atoms with Crippen LogP contribution in [0.3, 0.4) is 0 Å². The van der Waals surface area contributed by atoms with E-state index in [-0.39, 0.29) is 5.56 Å². The van der Waals surface area contributed by atoms with Crippen molar-refractivity contribution in [2.24, 2.45) is 7.05 Å². The van der Waals surface area contributed by atoms with E-state index in [1.807, 2.05) is 23.6 Å². The average Bonchev–Trinajstić information content (AvgIpc) is 2.81. The molecule has 7 nitrogen and oxygen atoms in total. The van der Waals surface area contributed by atoms with Gasteiger partial charge in [-0.1, -0.05) is 26.2 Å². The van der Waals surface area contributed by atoms with Crippen molar-refractivity contribution in [1.29, 1.82) is 0 Å². The van der Waals surface area contributed by atoms with Gasteiger partial charge >= 0.3 is 5.69 Å². The predicted molar refractivity (Wildman–Crippen MR) is 84.1 cm³/mol. The molecule has 0 saturated carbocycles. The zero-order chi connectivity index (χ0) is 15.6. The normalized spacial score (nSPS) is 11.2. The first kappa shape index (κ1) is 15.3. The molecular formula is C14H23N5O2. The molecule has 7 heteroatoms. The number of hydrogen-bond donors (Lipinski definition) is 1. The van der Waals surface area contributed by atoms with Crippen molar-refractivity contribution in [2.45, 2.75) is 39.2 Å². The van der Waals surface area contributed by atoms with Gasteiger partial charge in [0.15, 0.2) is 11.2 Å². The Morgan fingerprint density at radius 1 is 1.19 bits per heavy atom. The number of aryl methyl sites for hydroxylation is 2. The molecule has 0 radical (unpaired) electrons. The number of aromatic amines is 1. The average molecular weight is 293 g/mol. The van der Waals surface area contributed by atoms with Crippen LogP contribution in [0.5, 0.6) is 0 Å². The van der Waals surface area contributed by atoms with Crippen LogP contribution in [0.4, 0.5) is 5.95 Å². The molecule has 0 aliphatic rings. The van der Waals surface area contributed by atoms with E-state index in [2.05, 4.69) is 16.9 Å². The summed E-state index contributed by atoms with van der Waals surface area (Å²) in [6.45, 7) is 2.89. The van der Waals surface area contributed by atoms with E-state index in [0.717, 1.165) is 19.4 Å².